The molecule has 266 valence electrons. The smallest absolute Gasteiger partial charge is 0.322 e. The lowest BCUT2D eigenvalue weighted by Gasteiger charge is -2.34. The van der Waals surface area contributed by atoms with Gasteiger partial charge in [0.2, 0.25) is 10.0 Å². The van der Waals surface area contributed by atoms with E-state index in [0.717, 1.165) is 79.2 Å². The van der Waals surface area contributed by atoms with E-state index in [9.17, 15) is 26.7 Å². The van der Waals surface area contributed by atoms with Gasteiger partial charge in [-0.05, 0) is 99.9 Å². The molecular weight excluding hydrogens is 840 g/mol. The van der Waals surface area contributed by atoms with Crippen LogP contribution in [0, 0.1) is 11.8 Å². The lowest BCUT2D eigenvalue weighted by Crippen LogP contribution is -2.41. The van der Waals surface area contributed by atoms with Crippen LogP contribution in [0.5, 0.6) is 0 Å². The number of carboxylic acids is 1. The van der Waals surface area contributed by atoms with Crippen LogP contribution in [0.2, 0.25) is 4.34 Å². The number of carbonyl (C=O) groups is 1. The molecule has 1 aromatic carbocycles. The van der Waals surface area contributed by atoms with Gasteiger partial charge in [0, 0.05) is 36.8 Å². The Morgan fingerprint density at radius 1 is 0.878 bits per heavy atom. The number of aliphatic carboxylic acids is 1. The van der Waals surface area contributed by atoms with Gasteiger partial charge in [-0.3, -0.25) is 4.79 Å². The first-order valence-electron chi connectivity index (χ1n) is 16.5. The second kappa shape index (κ2) is 15.6. The number of aromatic nitrogens is 1. The number of pyridine rings is 1. The van der Waals surface area contributed by atoms with Gasteiger partial charge in [0.05, 0.1) is 10.5 Å². The number of thiophene rings is 1. The third-order valence-electron chi connectivity index (χ3n) is 10.1. The minimum atomic E-state index is -4.15. The first-order chi connectivity index (χ1) is 23.4. The van der Waals surface area contributed by atoms with Crippen LogP contribution in [0.15, 0.2) is 66.7 Å². The third-order valence-corrected chi connectivity index (χ3v) is 17.4. The van der Waals surface area contributed by atoms with Crippen molar-refractivity contribution in [1.82, 2.24) is 13.6 Å². The maximum absolute atomic E-state index is 13.9. The molecule has 3 fully saturated rings. The topological polar surface area (TPSA) is 128 Å². The van der Waals surface area contributed by atoms with Crippen molar-refractivity contribution in [2.45, 2.75) is 79.0 Å². The lowest BCUT2D eigenvalue weighted by molar-refractivity contribution is -0.140. The summed E-state index contributed by atoms with van der Waals surface area (Å²) in [6.45, 7) is 2.69. The van der Waals surface area contributed by atoms with Crippen molar-refractivity contribution in [2.75, 3.05) is 31.1 Å². The van der Waals surface area contributed by atoms with Gasteiger partial charge < -0.3 is 10.0 Å². The van der Waals surface area contributed by atoms with Crippen molar-refractivity contribution >= 4 is 86.6 Å². The van der Waals surface area contributed by atoms with E-state index >= 15 is 0 Å². The first-order valence-corrected chi connectivity index (χ1v) is 22.2. The van der Waals surface area contributed by atoms with Crippen molar-refractivity contribution in [3.8, 4) is 0 Å². The molecule has 5 heterocycles. The molecule has 3 aromatic rings. The Bertz CT molecular complexity index is 1850. The summed E-state index contributed by atoms with van der Waals surface area (Å²) in [5.74, 6) is 0.649. The van der Waals surface area contributed by atoms with E-state index in [4.69, 9.17) is 11.6 Å². The number of benzene rings is 1. The zero-order chi connectivity index (χ0) is 34.9. The monoisotopic (exact) mass is 876 g/mol. The quantitative estimate of drug-likeness (QED) is 0.207. The summed E-state index contributed by atoms with van der Waals surface area (Å²) < 4.78 is 58.5. The summed E-state index contributed by atoms with van der Waals surface area (Å²) in [5.41, 5.74) is 0.770. The maximum Gasteiger partial charge on any atom is 0.322 e. The van der Waals surface area contributed by atoms with E-state index < -0.39 is 38.1 Å². The van der Waals surface area contributed by atoms with E-state index in [0.29, 0.717) is 50.4 Å². The fraction of sp³-hybridized carbons (Fsp3) is 0.515. The van der Waals surface area contributed by atoms with Gasteiger partial charge in [-0.15, -0.1) is 11.3 Å². The number of carboxylic acid groups (broad SMARTS) is 1. The van der Waals surface area contributed by atoms with Crippen LogP contribution >= 0.6 is 54.8 Å². The van der Waals surface area contributed by atoms with Gasteiger partial charge in [-0.1, -0.05) is 61.2 Å². The Labute approximate surface area is 314 Å². The van der Waals surface area contributed by atoms with Crippen molar-refractivity contribution < 1.29 is 26.7 Å². The van der Waals surface area contributed by atoms with Crippen molar-refractivity contribution in [3.05, 3.63) is 67.5 Å². The molecule has 10 nitrogen and oxygen atoms in total. The fourth-order valence-corrected chi connectivity index (χ4v) is 13.9. The lowest BCUT2D eigenvalue weighted by atomic mass is 9.87. The Hall–Kier alpha value is -1.59. The zero-order valence-electron chi connectivity index (χ0n) is 26.8. The van der Waals surface area contributed by atoms with E-state index in [1.807, 2.05) is 30.3 Å². The average Bonchev–Trinajstić information content (AvgIpc) is 3.70. The molecule has 0 bridgehead atoms. The number of halogens is 3. The summed E-state index contributed by atoms with van der Waals surface area (Å²) in [7, 11) is -7.67. The fourth-order valence-electron chi connectivity index (χ4n) is 7.40. The molecule has 0 radical (unpaired) electrons. The minimum absolute atomic E-state index is 0.0282. The second-order valence-corrected chi connectivity index (χ2v) is 20.4. The summed E-state index contributed by atoms with van der Waals surface area (Å²) >= 11 is 14.0. The molecule has 3 saturated heterocycles. The molecule has 1 N–H and O–H groups in total. The van der Waals surface area contributed by atoms with Crippen LogP contribution in [-0.4, -0.2) is 73.7 Å². The minimum Gasteiger partial charge on any atom is -0.480 e. The van der Waals surface area contributed by atoms with Crippen LogP contribution in [0.1, 0.15) is 69.4 Å². The normalized spacial score (nSPS) is 22.1. The number of nitrogens with zero attached hydrogens (tertiary/aromatic N) is 4. The molecular formula is C33H39Br2ClN4O6S3. The highest BCUT2D eigenvalue weighted by atomic mass is 79.9. The first kappa shape index (κ1) is 37.2. The second-order valence-electron chi connectivity index (χ2n) is 13.1. The van der Waals surface area contributed by atoms with Crippen LogP contribution in [0.3, 0.4) is 0 Å². The molecule has 6 rings (SSSR count). The Balaban J connectivity index is 0.996. The summed E-state index contributed by atoms with van der Waals surface area (Å²) in [6, 6.07) is 10.6. The zero-order valence-corrected chi connectivity index (χ0v) is 33.1. The molecule has 0 spiro atoms. The largest absolute Gasteiger partial charge is 0.480 e. The number of anilines is 1. The molecule has 0 saturated carbocycles. The summed E-state index contributed by atoms with van der Waals surface area (Å²) in [5, 5.41) is 9.89. The number of hydrogen-bond donors (Lipinski definition) is 1. The number of hydrogen-bond acceptors (Lipinski definition) is 8. The standard InChI is InChI=1S/C33H39Br2ClN4O6S3/c34-26-20-30(47-31(26)36)49(45,46)39-17-13-23(14-18-39)6-4-5-22-11-15-38(16-12-22)32-27(35)19-25(21-37-32)48(43,44)40-28(9-10-29(40)33(41)42)24-7-2-1-3-8-24/h1-3,7-8,19-23,28-29H,4-6,9-18H2,(H,41,42). The van der Waals surface area contributed by atoms with Gasteiger partial charge in [0.15, 0.2) is 0 Å². The maximum atomic E-state index is 13.9. The molecule has 2 aromatic heterocycles. The van der Waals surface area contributed by atoms with E-state index in [2.05, 4.69) is 41.7 Å². The van der Waals surface area contributed by atoms with Crippen molar-refractivity contribution in [3.63, 3.8) is 0 Å². The molecule has 2 unspecified atom stereocenters. The van der Waals surface area contributed by atoms with E-state index in [-0.39, 0.29) is 15.5 Å². The van der Waals surface area contributed by atoms with Crippen LogP contribution in [-0.2, 0) is 24.8 Å². The molecule has 49 heavy (non-hydrogen) atoms. The van der Waals surface area contributed by atoms with E-state index in [1.165, 1.54) is 6.20 Å². The SMILES string of the molecule is O=C(O)C1CCC(c2ccccc2)N1S(=O)(=O)c1cnc(N2CCC(CCCC3CCN(S(=O)(=O)c4cc(Br)c(Cl)s4)CC3)CC2)c(Br)c1. The highest BCUT2D eigenvalue weighted by Crippen LogP contribution is 2.42. The predicted molar refractivity (Wildman–Crippen MR) is 198 cm³/mol. The van der Waals surface area contributed by atoms with Gasteiger partial charge in [0.1, 0.15) is 25.3 Å². The van der Waals surface area contributed by atoms with Gasteiger partial charge in [-0.2, -0.15) is 8.61 Å². The Morgan fingerprint density at radius 2 is 1.51 bits per heavy atom. The molecule has 2 atom stereocenters. The van der Waals surface area contributed by atoms with E-state index in [1.54, 1.807) is 16.4 Å². The average molecular weight is 879 g/mol. The van der Waals surface area contributed by atoms with Gasteiger partial charge in [0.25, 0.3) is 10.0 Å². The van der Waals surface area contributed by atoms with Gasteiger partial charge in [-0.25, -0.2) is 21.8 Å². The predicted octanol–water partition coefficient (Wildman–Crippen LogP) is 7.79. The Morgan fingerprint density at radius 3 is 2.08 bits per heavy atom. The van der Waals surface area contributed by atoms with Crippen LogP contribution < -0.4 is 4.90 Å². The van der Waals surface area contributed by atoms with Crippen molar-refractivity contribution in [2.24, 2.45) is 11.8 Å². The number of sulfonamides is 2. The number of rotatable bonds is 11. The molecule has 3 aliphatic heterocycles. The molecule has 16 heteroatoms. The molecule has 0 aliphatic carbocycles. The highest BCUT2D eigenvalue weighted by molar-refractivity contribution is 9.11. The van der Waals surface area contributed by atoms with Crippen LogP contribution in [0.4, 0.5) is 5.82 Å². The highest BCUT2D eigenvalue weighted by Gasteiger charge is 2.46. The third kappa shape index (κ3) is 8.08. The van der Waals surface area contributed by atoms with Crippen LogP contribution in [0.25, 0.3) is 0 Å². The van der Waals surface area contributed by atoms with Crippen molar-refractivity contribution in [1.29, 1.82) is 0 Å². The number of piperidine rings is 2. The Kier molecular flexibility index (Phi) is 11.8. The molecule has 0 amide bonds. The summed E-state index contributed by atoms with van der Waals surface area (Å²) in [4.78, 5) is 18.8. The summed E-state index contributed by atoms with van der Waals surface area (Å²) in [6.07, 6.45) is 9.11. The van der Waals surface area contributed by atoms with Gasteiger partial charge >= 0.3 is 5.97 Å². The molecule has 3 aliphatic rings.